The van der Waals surface area contributed by atoms with E-state index in [0.29, 0.717) is 13.0 Å². The van der Waals surface area contributed by atoms with E-state index in [4.69, 9.17) is 9.84 Å². The second-order valence-corrected chi connectivity index (χ2v) is 6.42. The van der Waals surface area contributed by atoms with E-state index in [2.05, 4.69) is 5.32 Å². The van der Waals surface area contributed by atoms with E-state index in [1.807, 2.05) is 52.0 Å². The van der Waals surface area contributed by atoms with Gasteiger partial charge in [0, 0.05) is 19.2 Å². The zero-order chi connectivity index (χ0) is 16.6. The third-order valence-electron chi connectivity index (χ3n) is 3.21. The van der Waals surface area contributed by atoms with Crippen molar-refractivity contribution < 1.29 is 14.6 Å². The van der Waals surface area contributed by atoms with Crippen LogP contribution < -0.4 is 10.1 Å². The van der Waals surface area contributed by atoms with Gasteiger partial charge in [-0.1, -0.05) is 26.0 Å². The molecule has 1 rings (SSSR count). The Bertz CT molecular complexity index is 490. The molecule has 0 aliphatic rings. The van der Waals surface area contributed by atoms with Crippen molar-refractivity contribution in [3.05, 3.63) is 35.9 Å². The summed E-state index contributed by atoms with van der Waals surface area (Å²) in [6.07, 6.45) is 4.10. The van der Waals surface area contributed by atoms with E-state index in [1.165, 1.54) is 6.08 Å². The standard InChI is InChI=1S/C18H27NO3/c1-14(2)22-16-8-5-15(6-9-16)7-10-17(21)19-13-18(3,4)11-12-20/h5-10,14,20H,11-13H2,1-4H3,(H,19,21)/b10-7+. The summed E-state index contributed by atoms with van der Waals surface area (Å²) in [4.78, 5) is 11.8. The molecule has 4 nitrogen and oxygen atoms in total. The van der Waals surface area contributed by atoms with Crippen LogP contribution in [0.1, 0.15) is 39.7 Å². The molecule has 22 heavy (non-hydrogen) atoms. The Morgan fingerprint density at radius 3 is 2.50 bits per heavy atom. The van der Waals surface area contributed by atoms with Gasteiger partial charge < -0.3 is 15.2 Å². The smallest absolute Gasteiger partial charge is 0.244 e. The first kappa shape index (κ1) is 18.2. The predicted octanol–water partition coefficient (Wildman–Crippen LogP) is 3.01. The second kappa shape index (κ2) is 8.59. The molecule has 0 unspecified atom stereocenters. The van der Waals surface area contributed by atoms with Gasteiger partial charge in [0.1, 0.15) is 5.75 Å². The van der Waals surface area contributed by atoms with Crippen LogP contribution in [0.3, 0.4) is 0 Å². The van der Waals surface area contributed by atoms with Crippen LogP contribution in [0.15, 0.2) is 30.3 Å². The van der Waals surface area contributed by atoms with Gasteiger partial charge in [-0.05, 0) is 49.5 Å². The van der Waals surface area contributed by atoms with E-state index in [-0.39, 0.29) is 24.0 Å². The normalized spacial score (nSPS) is 11.9. The summed E-state index contributed by atoms with van der Waals surface area (Å²) in [7, 11) is 0. The average Bonchev–Trinajstić information content (AvgIpc) is 2.44. The minimum Gasteiger partial charge on any atom is -0.491 e. The van der Waals surface area contributed by atoms with Crippen LogP contribution in [0.25, 0.3) is 6.08 Å². The molecule has 122 valence electrons. The zero-order valence-corrected chi connectivity index (χ0v) is 13.9. The lowest BCUT2D eigenvalue weighted by atomic mass is 9.90. The summed E-state index contributed by atoms with van der Waals surface area (Å²) in [6.45, 7) is 8.66. The Morgan fingerprint density at radius 2 is 1.95 bits per heavy atom. The van der Waals surface area contributed by atoms with Gasteiger partial charge in [-0.25, -0.2) is 0 Å². The molecular weight excluding hydrogens is 278 g/mol. The highest BCUT2D eigenvalue weighted by Gasteiger charge is 2.17. The number of amides is 1. The van der Waals surface area contributed by atoms with Crippen molar-refractivity contribution in [2.75, 3.05) is 13.2 Å². The Morgan fingerprint density at radius 1 is 1.32 bits per heavy atom. The first-order valence-corrected chi connectivity index (χ1v) is 7.66. The van der Waals surface area contributed by atoms with Crippen LogP contribution in [-0.4, -0.2) is 30.3 Å². The van der Waals surface area contributed by atoms with Crippen LogP contribution in [0.2, 0.25) is 0 Å². The molecule has 2 N–H and O–H groups in total. The molecule has 0 bridgehead atoms. The summed E-state index contributed by atoms with van der Waals surface area (Å²) in [5, 5.41) is 11.8. The van der Waals surface area contributed by atoms with Crippen molar-refractivity contribution in [1.82, 2.24) is 5.32 Å². The molecule has 1 aromatic rings. The Balaban J connectivity index is 2.48. The number of hydrogen-bond acceptors (Lipinski definition) is 3. The molecule has 0 fully saturated rings. The van der Waals surface area contributed by atoms with Gasteiger partial charge in [0.2, 0.25) is 5.91 Å². The summed E-state index contributed by atoms with van der Waals surface area (Å²) in [6, 6.07) is 7.61. The zero-order valence-electron chi connectivity index (χ0n) is 13.9. The number of carbonyl (C=O) groups is 1. The first-order valence-electron chi connectivity index (χ1n) is 7.66. The molecule has 0 aliphatic heterocycles. The summed E-state index contributed by atoms with van der Waals surface area (Å²) < 4.78 is 5.57. The van der Waals surface area contributed by atoms with Gasteiger partial charge in [-0.15, -0.1) is 0 Å². The number of aliphatic hydroxyl groups is 1. The maximum atomic E-state index is 11.8. The van der Waals surface area contributed by atoms with Gasteiger partial charge in [0.05, 0.1) is 6.10 Å². The highest BCUT2D eigenvalue weighted by atomic mass is 16.5. The van der Waals surface area contributed by atoms with E-state index in [9.17, 15) is 4.79 Å². The topological polar surface area (TPSA) is 58.6 Å². The van der Waals surface area contributed by atoms with Crippen LogP contribution in [0.5, 0.6) is 5.75 Å². The highest BCUT2D eigenvalue weighted by Crippen LogP contribution is 2.18. The van der Waals surface area contributed by atoms with E-state index in [0.717, 1.165) is 11.3 Å². The van der Waals surface area contributed by atoms with Crippen molar-refractivity contribution >= 4 is 12.0 Å². The van der Waals surface area contributed by atoms with Crippen molar-refractivity contribution in [3.8, 4) is 5.75 Å². The van der Waals surface area contributed by atoms with Crippen LogP contribution >= 0.6 is 0 Å². The largest absolute Gasteiger partial charge is 0.491 e. The Hall–Kier alpha value is -1.81. The number of rotatable bonds is 8. The average molecular weight is 305 g/mol. The van der Waals surface area contributed by atoms with E-state index < -0.39 is 0 Å². The Labute approximate surface area is 133 Å². The number of ether oxygens (including phenoxy) is 1. The molecule has 0 atom stereocenters. The molecule has 0 spiro atoms. The number of aliphatic hydroxyl groups excluding tert-OH is 1. The van der Waals surface area contributed by atoms with Crippen LogP contribution in [0, 0.1) is 5.41 Å². The van der Waals surface area contributed by atoms with Gasteiger partial charge in [0.15, 0.2) is 0 Å². The summed E-state index contributed by atoms with van der Waals surface area (Å²) >= 11 is 0. The molecule has 0 aromatic heterocycles. The SMILES string of the molecule is CC(C)Oc1ccc(/C=C/C(=O)NCC(C)(C)CCO)cc1. The molecule has 1 amide bonds. The fourth-order valence-corrected chi connectivity index (χ4v) is 1.88. The minimum absolute atomic E-state index is 0.103. The molecule has 0 heterocycles. The van der Waals surface area contributed by atoms with Gasteiger partial charge in [0.25, 0.3) is 0 Å². The van der Waals surface area contributed by atoms with Crippen molar-refractivity contribution in [2.24, 2.45) is 5.41 Å². The van der Waals surface area contributed by atoms with Gasteiger partial charge in [-0.2, -0.15) is 0 Å². The van der Waals surface area contributed by atoms with Gasteiger partial charge >= 0.3 is 0 Å². The molecule has 4 heteroatoms. The quantitative estimate of drug-likeness (QED) is 0.726. The van der Waals surface area contributed by atoms with Gasteiger partial charge in [-0.3, -0.25) is 4.79 Å². The molecule has 0 aliphatic carbocycles. The number of hydrogen-bond donors (Lipinski definition) is 2. The van der Waals surface area contributed by atoms with E-state index in [1.54, 1.807) is 6.08 Å². The predicted molar refractivity (Wildman–Crippen MR) is 89.7 cm³/mol. The number of benzene rings is 1. The third-order valence-corrected chi connectivity index (χ3v) is 3.21. The molecule has 0 saturated carbocycles. The molecular formula is C18H27NO3. The monoisotopic (exact) mass is 305 g/mol. The summed E-state index contributed by atoms with van der Waals surface area (Å²) in [5.41, 5.74) is 0.842. The maximum Gasteiger partial charge on any atom is 0.244 e. The van der Waals surface area contributed by atoms with Crippen LogP contribution in [0.4, 0.5) is 0 Å². The fourth-order valence-electron chi connectivity index (χ4n) is 1.88. The second-order valence-electron chi connectivity index (χ2n) is 6.42. The van der Waals surface area contributed by atoms with Crippen molar-refractivity contribution in [1.29, 1.82) is 0 Å². The minimum atomic E-state index is -0.131. The highest BCUT2D eigenvalue weighted by molar-refractivity contribution is 5.91. The van der Waals surface area contributed by atoms with E-state index >= 15 is 0 Å². The molecule has 0 saturated heterocycles. The molecule has 0 radical (unpaired) electrons. The summed E-state index contributed by atoms with van der Waals surface area (Å²) in [5.74, 6) is 0.691. The Kier molecular flexibility index (Phi) is 7.12. The fraction of sp³-hybridized carbons (Fsp3) is 0.500. The first-order chi connectivity index (χ1) is 10.3. The van der Waals surface area contributed by atoms with Crippen LogP contribution in [-0.2, 0) is 4.79 Å². The van der Waals surface area contributed by atoms with Crippen molar-refractivity contribution in [2.45, 2.75) is 40.2 Å². The lowest BCUT2D eigenvalue weighted by Gasteiger charge is -2.23. The lowest BCUT2D eigenvalue weighted by Crippen LogP contribution is -2.33. The van der Waals surface area contributed by atoms with Crippen molar-refractivity contribution in [3.63, 3.8) is 0 Å². The molecule has 1 aromatic carbocycles. The number of carbonyl (C=O) groups excluding carboxylic acids is 1. The maximum absolute atomic E-state index is 11.8. The number of nitrogens with one attached hydrogen (secondary N) is 1. The third kappa shape index (κ3) is 7.27. The lowest BCUT2D eigenvalue weighted by molar-refractivity contribution is -0.116.